The summed E-state index contributed by atoms with van der Waals surface area (Å²) in [7, 11) is 5.92. The lowest BCUT2D eigenvalue weighted by molar-refractivity contribution is 0.193. The predicted octanol–water partition coefficient (Wildman–Crippen LogP) is 3.00. The van der Waals surface area contributed by atoms with Crippen LogP contribution in [0.4, 0.5) is 16.3 Å². The summed E-state index contributed by atoms with van der Waals surface area (Å²) in [6, 6.07) is 8.12. The minimum Gasteiger partial charge on any atom is -0.370 e. The first-order valence-corrected chi connectivity index (χ1v) is 9.89. The molecule has 1 fully saturated rings. The number of likely N-dealkylation sites (N-methyl/N-ethyl adjacent to an activating group) is 1. The molecule has 2 aromatic heterocycles. The lowest BCUT2D eigenvalue weighted by Gasteiger charge is -2.27. The highest BCUT2D eigenvalue weighted by molar-refractivity contribution is 5.90. The van der Waals surface area contributed by atoms with Crippen molar-refractivity contribution in [2.24, 2.45) is 0 Å². The van der Waals surface area contributed by atoms with Crippen LogP contribution in [0.3, 0.4) is 0 Å². The Bertz CT molecular complexity index is 996. The summed E-state index contributed by atoms with van der Waals surface area (Å²) < 4.78 is 2.00. The number of urea groups is 1. The Morgan fingerprint density at radius 2 is 2.03 bits per heavy atom. The molecule has 29 heavy (non-hydrogen) atoms. The van der Waals surface area contributed by atoms with E-state index < -0.39 is 0 Å². The molecule has 1 atom stereocenters. The highest BCUT2D eigenvalue weighted by Crippen LogP contribution is 2.25. The fraction of sp³-hybridized carbons (Fsp3) is 0.381. The van der Waals surface area contributed by atoms with Crippen LogP contribution in [0.2, 0.25) is 0 Å². The molecule has 0 radical (unpaired) electrons. The van der Waals surface area contributed by atoms with Crippen molar-refractivity contribution in [1.82, 2.24) is 24.2 Å². The van der Waals surface area contributed by atoms with Gasteiger partial charge in [-0.15, -0.1) is 0 Å². The molecule has 0 bridgehead atoms. The quantitative estimate of drug-likeness (QED) is 0.697. The molecule has 4 rings (SSSR count). The molecule has 1 aliphatic heterocycles. The number of benzene rings is 1. The number of carbonyl (C=O) groups is 1. The Kier molecular flexibility index (Phi) is 5.35. The maximum absolute atomic E-state index is 12.7. The standard InChI is InChI=1S/C21H27N7O/c1-22-19-20-24-13-18(28(20)12-10-23-19)15-6-8-16(9-7-15)25-21(29)27-11-4-5-17(27)14-26(2)3/h6-10,12-13,17H,4-5,11,14H2,1-3H3,(H,22,23)(H,25,29)/t17-/m1/s1. The summed E-state index contributed by atoms with van der Waals surface area (Å²) in [6.07, 6.45) is 7.59. The van der Waals surface area contributed by atoms with Crippen LogP contribution in [0.15, 0.2) is 42.9 Å². The number of hydrogen-bond acceptors (Lipinski definition) is 5. The normalized spacial score (nSPS) is 16.6. The highest BCUT2D eigenvalue weighted by atomic mass is 16.2. The third-order valence-electron chi connectivity index (χ3n) is 5.31. The minimum atomic E-state index is -0.0263. The number of carbonyl (C=O) groups excluding carboxylic acids is 1. The lowest BCUT2D eigenvalue weighted by Crippen LogP contribution is -2.43. The van der Waals surface area contributed by atoms with Crippen LogP contribution in [-0.2, 0) is 0 Å². The molecular formula is C21H27N7O. The van der Waals surface area contributed by atoms with E-state index in [2.05, 4.69) is 25.5 Å². The summed E-state index contributed by atoms with van der Waals surface area (Å²) in [5, 5.41) is 6.10. The molecule has 2 amide bonds. The molecule has 0 aliphatic carbocycles. The number of fused-ring (bicyclic) bond motifs is 1. The third-order valence-corrected chi connectivity index (χ3v) is 5.31. The zero-order valence-corrected chi connectivity index (χ0v) is 17.1. The van der Waals surface area contributed by atoms with Crippen LogP contribution in [0, 0.1) is 0 Å². The molecule has 3 heterocycles. The second kappa shape index (κ2) is 8.08. The summed E-state index contributed by atoms with van der Waals surface area (Å²) in [5.41, 5.74) is 3.57. The molecule has 3 aromatic rings. The highest BCUT2D eigenvalue weighted by Gasteiger charge is 2.29. The molecule has 0 unspecified atom stereocenters. The minimum absolute atomic E-state index is 0.0263. The van der Waals surface area contributed by atoms with Gasteiger partial charge in [0, 0.05) is 49.8 Å². The number of amides is 2. The predicted molar refractivity (Wildman–Crippen MR) is 115 cm³/mol. The van der Waals surface area contributed by atoms with Gasteiger partial charge in [0.1, 0.15) is 0 Å². The second-order valence-electron chi connectivity index (χ2n) is 7.62. The zero-order valence-electron chi connectivity index (χ0n) is 17.1. The Morgan fingerprint density at radius 3 is 2.76 bits per heavy atom. The SMILES string of the molecule is CNc1nccn2c(-c3ccc(NC(=O)N4CCC[C@@H]4CN(C)C)cc3)cnc12. The number of nitrogens with zero attached hydrogens (tertiary/aromatic N) is 5. The summed E-state index contributed by atoms with van der Waals surface area (Å²) >= 11 is 0. The fourth-order valence-corrected chi connectivity index (χ4v) is 3.94. The van der Waals surface area contributed by atoms with Crippen LogP contribution in [-0.4, -0.2) is 70.5 Å². The smallest absolute Gasteiger partial charge is 0.322 e. The molecule has 152 valence electrons. The molecule has 1 aromatic carbocycles. The zero-order chi connectivity index (χ0) is 20.4. The average molecular weight is 393 g/mol. The van der Waals surface area contributed by atoms with Crippen LogP contribution < -0.4 is 10.6 Å². The van der Waals surface area contributed by atoms with E-state index in [0.717, 1.165) is 54.3 Å². The van der Waals surface area contributed by atoms with Gasteiger partial charge < -0.3 is 20.4 Å². The summed E-state index contributed by atoms with van der Waals surface area (Å²) in [5.74, 6) is 0.737. The number of anilines is 2. The topological polar surface area (TPSA) is 77.8 Å². The number of aromatic nitrogens is 3. The van der Waals surface area contributed by atoms with Crippen LogP contribution >= 0.6 is 0 Å². The van der Waals surface area contributed by atoms with Gasteiger partial charge in [-0.2, -0.15) is 0 Å². The summed E-state index contributed by atoms with van der Waals surface area (Å²) in [6.45, 7) is 1.70. The first-order chi connectivity index (χ1) is 14.1. The summed E-state index contributed by atoms with van der Waals surface area (Å²) in [4.78, 5) is 25.6. The van der Waals surface area contributed by atoms with Crippen molar-refractivity contribution in [3.05, 3.63) is 42.9 Å². The van der Waals surface area contributed by atoms with Crippen molar-refractivity contribution in [2.75, 3.05) is 44.9 Å². The van der Waals surface area contributed by atoms with Crippen molar-refractivity contribution < 1.29 is 4.79 Å². The Balaban J connectivity index is 1.49. The van der Waals surface area contributed by atoms with E-state index in [1.807, 2.05) is 67.1 Å². The number of imidazole rings is 1. The van der Waals surface area contributed by atoms with E-state index >= 15 is 0 Å². The number of rotatable bonds is 5. The number of nitrogens with one attached hydrogen (secondary N) is 2. The number of hydrogen-bond donors (Lipinski definition) is 2. The Morgan fingerprint density at radius 1 is 1.24 bits per heavy atom. The fourth-order valence-electron chi connectivity index (χ4n) is 3.94. The van der Waals surface area contributed by atoms with Crippen LogP contribution in [0.25, 0.3) is 16.9 Å². The van der Waals surface area contributed by atoms with E-state index in [1.165, 1.54) is 0 Å². The second-order valence-corrected chi connectivity index (χ2v) is 7.62. The van der Waals surface area contributed by atoms with Crippen molar-refractivity contribution in [3.63, 3.8) is 0 Å². The Hall–Kier alpha value is -3.13. The van der Waals surface area contributed by atoms with E-state index in [4.69, 9.17) is 0 Å². The third kappa shape index (κ3) is 3.88. The molecule has 0 spiro atoms. The van der Waals surface area contributed by atoms with Gasteiger partial charge in [0.2, 0.25) is 0 Å². The monoisotopic (exact) mass is 393 g/mol. The van der Waals surface area contributed by atoms with Gasteiger partial charge in [0.15, 0.2) is 11.5 Å². The van der Waals surface area contributed by atoms with E-state index in [0.29, 0.717) is 0 Å². The largest absolute Gasteiger partial charge is 0.370 e. The van der Waals surface area contributed by atoms with E-state index in [9.17, 15) is 4.79 Å². The molecule has 0 saturated carbocycles. The maximum Gasteiger partial charge on any atom is 0.322 e. The maximum atomic E-state index is 12.7. The van der Waals surface area contributed by atoms with Crippen molar-refractivity contribution in [3.8, 4) is 11.3 Å². The van der Waals surface area contributed by atoms with Gasteiger partial charge in [0.25, 0.3) is 0 Å². The van der Waals surface area contributed by atoms with Crippen molar-refractivity contribution >= 4 is 23.2 Å². The average Bonchev–Trinajstić information content (AvgIpc) is 3.35. The van der Waals surface area contributed by atoms with Gasteiger partial charge in [0.05, 0.1) is 11.9 Å². The first kappa shape index (κ1) is 19.2. The van der Waals surface area contributed by atoms with Crippen molar-refractivity contribution in [1.29, 1.82) is 0 Å². The Labute approximate surface area is 170 Å². The van der Waals surface area contributed by atoms with Gasteiger partial charge in [-0.1, -0.05) is 12.1 Å². The van der Waals surface area contributed by atoms with Gasteiger partial charge in [-0.3, -0.25) is 4.40 Å². The van der Waals surface area contributed by atoms with Gasteiger partial charge >= 0.3 is 6.03 Å². The molecule has 2 N–H and O–H groups in total. The number of likely N-dealkylation sites (tertiary alicyclic amines) is 1. The molecule has 8 nitrogen and oxygen atoms in total. The first-order valence-electron chi connectivity index (χ1n) is 9.89. The van der Waals surface area contributed by atoms with Crippen LogP contribution in [0.5, 0.6) is 0 Å². The van der Waals surface area contributed by atoms with E-state index in [1.54, 1.807) is 6.20 Å². The molecule has 1 saturated heterocycles. The molecular weight excluding hydrogens is 366 g/mol. The van der Waals surface area contributed by atoms with Crippen LogP contribution in [0.1, 0.15) is 12.8 Å². The van der Waals surface area contributed by atoms with Gasteiger partial charge in [-0.25, -0.2) is 14.8 Å². The van der Waals surface area contributed by atoms with Gasteiger partial charge in [-0.05, 0) is 39.1 Å². The van der Waals surface area contributed by atoms with E-state index in [-0.39, 0.29) is 12.1 Å². The van der Waals surface area contributed by atoms with Crippen molar-refractivity contribution in [2.45, 2.75) is 18.9 Å². The lowest BCUT2D eigenvalue weighted by atomic mass is 10.1. The molecule has 8 heteroatoms. The molecule has 1 aliphatic rings.